The van der Waals surface area contributed by atoms with Crippen LogP contribution in [0, 0.1) is 5.41 Å². The summed E-state index contributed by atoms with van der Waals surface area (Å²) in [7, 11) is 0. The molecule has 2 aliphatic heterocycles. The summed E-state index contributed by atoms with van der Waals surface area (Å²) in [6.45, 7) is 0. The maximum absolute atomic E-state index is 12.5. The standard InChI is InChI=1S/C19H13Cl2N3OS/c20-12-3-1-11(2-4-12)16-10-26-19(23-16)15-9-17(25)24(18(15)22)14-7-5-13(21)6-8-14/h1-8,10,22-23H,9H2/b19-15+,22-18?. The van der Waals surface area contributed by atoms with E-state index in [-0.39, 0.29) is 18.2 Å². The summed E-state index contributed by atoms with van der Waals surface area (Å²) in [6.07, 6.45) is 0.193. The van der Waals surface area contributed by atoms with Crippen LogP contribution in [0.15, 0.2) is 64.5 Å². The van der Waals surface area contributed by atoms with E-state index in [9.17, 15) is 4.79 Å². The molecular weight excluding hydrogens is 389 g/mol. The minimum Gasteiger partial charge on any atom is -0.349 e. The van der Waals surface area contributed by atoms with Gasteiger partial charge >= 0.3 is 0 Å². The lowest BCUT2D eigenvalue weighted by Crippen LogP contribution is -2.28. The second-order valence-corrected chi connectivity index (χ2v) is 7.57. The number of nitrogens with one attached hydrogen (secondary N) is 2. The van der Waals surface area contributed by atoms with Crippen molar-refractivity contribution in [1.82, 2.24) is 5.32 Å². The summed E-state index contributed by atoms with van der Waals surface area (Å²) in [5.41, 5.74) is 3.27. The topological polar surface area (TPSA) is 56.2 Å². The Morgan fingerprint density at radius 3 is 2.27 bits per heavy atom. The lowest BCUT2D eigenvalue weighted by Gasteiger charge is -2.16. The van der Waals surface area contributed by atoms with E-state index in [0.717, 1.165) is 16.3 Å². The molecule has 2 heterocycles. The third-order valence-corrected chi connectivity index (χ3v) is 5.59. The van der Waals surface area contributed by atoms with E-state index in [1.165, 1.54) is 16.7 Å². The molecule has 0 unspecified atom stereocenters. The van der Waals surface area contributed by atoms with Gasteiger partial charge in [-0.1, -0.05) is 47.1 Å². The van der Waals surface area contributed by atoms with Crippen molar-refractivity contribution in [2.24, 2.45) is 0 Å². The number of rotatable bonds is 2. The fraction of sp³-hybridized carbons (Fsp3) is 0.0526. The van der Waals surface area contributed by atoms with Crippen molar-refractivity contribution in [3.05, 3.63) is 80.1 Å². The summed E-state index contributed by atoms with van der Waals surface area (Å²) in [4.78, 5) is 13.9. The monoisotopic (exact) mass is 401 g/mol. The Morgan fingerprint density at radius 1 is 1.00 bits per heavy atom. The zero-order chi connectivity index (χ0) is 18.3. The van der Waals surface area contributed by atoms with E-state index in [0.29, 0.717) is 21.3 Å². The molecule has 0 bridgehead atoms. The number of anilines is 1. The van der Waals surface area contributed by atoms with Gasteiger partial charge in [-0.2, -0.15) is 0 Å². The van der Waals surface area contributed by atoms with Gasteiger partial charge in [0.15, 0.2) is 0 Å². The molecule has 2 aliphatic rings. The van der Waals surface area contributed by atoms with Crippen LogP contribution in [-0.4, -0.2) is 11.7 Å². The van der Waals surface area contributed by atoms with Crippen LogP contribution in [0.2, 0.25) is 10.0 Å². The largest absolute Gasteiger partial charge is 0.349 e. The maximum atomic E-state index is 12.5. The van der Waals surface area contributed by atoms with E-state index in [4.69, 9.17) is 28.6 Å². The Morgan fingerprint density at radius 2 is 1.62 bits per heavy atom. The molecule has 2 aromatic carbocycles. The van der Waals surface area contributed by atoms with Crippen molar-refractivity contribution in [2.75, 3.05) is 4.90 Å². The van der Waals surface area contributed by atoms with Gasteiger partial charge in [-0.05, 0) is 42.0 Å². The first-order valence-corrected chi connectivity index (χ1v) is 9.47. The van der Waals surface area contributed by atoms with Gasteiger partial charge in [0.05, 0.1) is 22.8 Å². The number of amidine groups is 1. The Labute approximate surface area is 165 Å². The fourth-order valence-corrected chi connectivity index (χ4v) is 4.00. The number of halogens is 2. The van der Waals surface area contributed by atoms with Gasteiger partial charge in [-0.3, -0.25) is 15.1 Å². The quantitative estimate of drug-likeness (QED) is 0.721. The van der Waals surface area contributed by atoms with Gasteiger partial charge < -0.3 is 5.32 Å². The molecule has 1 fully saturated rings. The highest BCUT2D eigenvalue weighted by Gasteiger charge is 2.35. The highest BCUT2D eigenvalue weighted by molar-refractivity contribution is 8.06. The summed E-state index contributed by atoms with van der Waals surface area (Å²) >= 11 is 13.3. The fourth-order valence-electron chi connectivity index (χ4n) is 2.84. The third-order valence-electron chi connectivity index (χ3n) is 4.14. The first-order chi connectivity index (χ1) is 12.5. The number of carbonyl (C=O) groups is 1. The lowest BCUT2D eigenvalue weighted by atomic mass is 10.1. The zero-order valence-electron chi connectivity index (χ0n) is 13.4. The minimum atomic E-state index is -0.123. The number of nitrogens with zero attached hydrogens (tertiary/aromatic N) is 1. The predicted octanol–water partition coefficient (Wildman–Crippen LogP) is 5.25. The smallest absolute Gasteiger partial charge is 0.237 e. The molecule has 1 saturated heterocycles. The SMILES string of the molecule is N=C1/C(=C2\NC(c3ccc(Cl)cc3)=CS2)CC(=O)N1c1ccc(Cl)cc1. The Kier molecular flexibility index (Phi) is 4.53. The van der Waals surface area contributed by atoms with Crippen LogP contribution in [0.5, 0.6) is 0 Å². The first kappa shape index (κ1) is 17.2. The van der Waals surface area contributed by atoms with Crippen molar-refractivity contribution in [3.8, 4) is 0 Å². The second-order valence-electron chi connectivity index (χ2n) is 5.82. The van der Waals surface area contributed by atoms with E-state index in [1.54, 1.807) is 24.3 Å². The highest BCUT2D eigenvalue weighted by atomic mass is 35.5. The molecule has 0 saturated carbocycles. The minimum absolute atomic E-state index is 0.123. The van der Waals surface area contributed by atoms with Gasteiger partial charge in [0, 0.05) is 21.0 Å². The normalized spacial score (nSPS) is 19.8. The molecule has 0 radical (unpaired) electrons. The van der Waals surface area contributed by atoms with Crippen LogP contribution < -0.4 is 10.2 Å². The molecule has 2 N–H and O–H groups in total. The molecule has 0 aromatic heterocycles. The second kappa shape index (κ2) is 6.83. The molecule has 7 heteroatoms. The predicted molar refractivity (Wildman–Crippen MR) is 108 cm³/mol. The van der Waals surface area contributed by atoms with Gasteiger partial charge in [0.1, 0.15) is 5.84 Å². The van der Waals surface area contributed by atoms with Crippen molar-refractivity contribution in [3.63, 3.8) is 0 Å². The number of benzene rings is 2. The number of carbonyl (C=O) groups excluding carboxylic acids is 1. The van der Waals surface area contributed by atoms with Gasteiger partial charge in [-0.15, -0.1) is 0 Å². The molecule has 26 heavy (non-hydrogen) atoms. The van der Waals surface area contributed by atoms with E-state index in [2.05, 4.69) is 5.32 Å². The van der Waals surface area contributed by atoms with Crippen LogP contribution in [0.3, 0.4) is 0 Å². The molecule has 4 nitrogen and oxygen atoms in total. The van der Waals surface area contributed by atoms with Crippen LogP contribution in [0.25, 0.3) is 5.70 Å². The number of thioether (sulfide) groups is 1. The number of amides is 1. The molecule has 0 spiro atoms. The van der Waals surface area contributed by atoms with Crippen LogP contribution in [-0.2, 0) is 4.79 Å². The molecule has 0 aliphatic carbocycles. The van der Waals surface area contributed by atoms with Gasteiger partial charge in [-0.25, -0.2) is 0 Å². The Bertz CT molecular complexity index is 965. The summed E-state index contributed by atoms with van der Waals surface area (Å²) < 4.78 is 0. The molecule has 4 rings (SSSR count). The third kappa shape index (κ3) is 3.14. The van der Waals surface area contributed by atoms with Crippen LogP contribution in [0.4, 0.5) is 5.69 Å². The van der Waals surface area contributed by atoms with E-state index >= 15 is 0 Å². The zero-order valence-corrected chi connectivity index (χ0v) is 15.8. The Balaban J connectivity index is 1.59. The Hall–Kier alpha value is -2.21. The van der Waals surface area contributed by atoms with Crippen molar-refractivity contribution < 1.29 is 4.79 Å². The van der Waals surface area contributed by atoms with Crippen LogP contribution >= 0.6 is 35.0 Å². The summed E-state index contributed by atoms with van der Waals surface area (Å²) in [6, 6.07) is 14.4. The maximum Gasteiger partial charge on any atom is 0.237 e. The highest BCUT2D eigenvalue weighted by Crippen LogP contribution is 2.37. The molecular formula is C19H13Cl2N3OS. The van der Waals surface area contributed by atoms with Gasteiger partial charge in [0.2, 0.25) is 5.91 Å². The van der Waals surface area contributed by atoms with E-state index in [1.807, 2.05) is 29.7 Å². The van der Waals surface area contributed by atoms with Crippen molar-refractivity contribution >= 4 is 58.1 Å². The number of hydrogen-bond acceptors (Lipinski definition) is 4. The first-order valence-electron chi connectivity index (χ1n) is 7.83. The van der Waals surface area contributed by atoms with E-state index < -0.39 is 0 Å². The van der Waals surface area contributed by atoms with Crippen molar-refractivity contribution in [2.45, 2.75) is 6.42 Å². The van der Waals surface area contributed by atoms with Crippen molar-refractivity contribution in [1.29, 1.82) is 5.41 Å². The van der Waals surface area contributed by atoms with Gasteiger partial charge in [0.25, 0.3) is 0 Å². The lowest BCUT2D eigenvalue weighted by molar-refractivity contribution is -0.116. The summed E-state index contributed by atoms with van der Waals surface area (Å²) in [5, 5.41) is 15.9. The molecule has 2 aromatic rings. The molecule has 1 amide bonds. The summed E-state index contributed by atoms with van der Waals surface area (Å²) in [5.74, 6) is 0.0697. The molecule has 130 valence electrons. The van der Waals surface area contributed by atoms with Crippen LogP contribution in [0.1, 0.15) is 12.0 Å². The average Bonchev–Trinajstić information content (AvgIpc) is 3.22. The number of hydrogen-bond donors (Lipinski definition) is 2. The molecule has 0 atom stereocenters. The average molecular weight is 402 g/mol.